The van der Waals surface area contributed by atoms with Crippen LogP contribution in [0.2, 0.25) is 0 Å². The van der Waals surface area contributed by atoms with Gasteiger partial charge >= 0.3 is 5.97 Å². The molecule has 0 radical (unpaired) electrons. The van der Waals surface area contributed by atoms with Gasteiger partial charge in [-0.2, -0.15) is 5.10 Å². The van der Waals surface area contributed by atoms with Crippen molar-refractivity contribution in [2.45, 2.75) is 0 Å². The summed E-state index contributed by atoms with van der Waals surface area (Å²) < 4.78 is 12.1. The maximum absolute atomic E-state index is 12.5. The van der Waals surface area contributed by atoms with Crippen LogP contribution in [0.25, 0.3) is 5.69 Å². The summed E-state index contributed by atoms with van der Waals surface area (Å²) >= 11 is 0. The van der Waals surface area contributed by atoms with Crippen LogP contribution in [-0.2, 0) is 0 Å². The third kappa shape index (κ3) is 4.36. The first kappa shape index (κ1) is 18.9. The van der Waals surface area contributed by atoms with Gasteiger partial charge in [-0.05, 0) is 66.2 Å². The van der Waals surface area contributed by atoms with Gasteiger partial charge in [0.05, 0.1) is 23.7 Å². The van der Waals surface area contributed by atoms with E-state index < -0.39 is 5.97 Å². The second-order valence-corrected chi connectivity index (χ2v) is 6.24. The normalized spacial score (nSPS) is 10.8. The number of hydrazone groups is 1. The van der Waals surface area contributed by atoms with E-state index >= 15 is 0 Å². The molecule has 0 saturated carbocycles. The van der Waals surface area contributed by atoms with Gasteiger partial charge in [-0.25, -0.2) is 10.2 Å². The number of nitrogens with zero attached hydrogens (tertiary/aromatic N) is 2. The van der Waals surface area contributed by atoms with Crippen LogP contribution in [0.15, 0.2) is 101 Å². The molecule has 0 aliphatic heterocycles. The van der Waals surface area contributed by atoms with Crippen LogP contribution < -0.4 is 10.2 Å². The van der Waals surface area contributed by atoms with E-state index in [0.29, 0.717) is 11.3 Å². The van der Waals surface area contributed by atoms with E-state index in [4.69, 9.17) is 9.15 Å². The van der Waals surface area contributed by atoms with Crippen LogP contribution in [0.5, 0.6) is 5.75 Å². The highest BCUT2D eigenvalue weighted by Crippen LogP contribution is 2.15. The molecule has 4 rings (SSSR count). The van der Waals surface area contributed by atoms with Crippen LogP contribution in [0.3, 0.4) is 0 Å². The van der Waals surface area contributed by atoms with Crippen molar-refractivity contribution in [1.29, 1.82) is 0 Å². The molecule has 2 heterocycles. The van der Waals surface area contributed by atoms with Gasteiger partial charge in [-0.15, -0.1) is 0 Å². The second kappa shape index (κ2) is 8.74. The molecule has 0 unspecified atom stereocenters. The standard InChI is InChI=1S/C23H17N3O4/c27-22(19-6-1-2-7-20(19)26-13-3-4-14-26)25-24-16-17-9-11-18(12-10-17)30-23(28)21-8-5-15-29-21/h1-16H,(H,25,27)/b24-16+. The van der Waals surface area contributed by atoms with Crippen LogP contribution in [0, 0.1) is 0 Å². The molecule has 0 spiro atoms. The zero-order valence-electron chi connectivity index (χ0n) is 15.8. The van der Waals surface area contributed by atoms with E-state index in [0.717, 1.165) is 11.3 Å². The first-order valence-electron chi connectivity index (χ1n) is 9.12. The molecule has 0 atom stereocenters. The minimum atomic E-state index is -0.574. The van der Waals surface area contributed by atoms with Gasteiger partial charge in [0.25, 0.3) is 5.91 Å². The Morgan fingerprint density at radius 2 is 1.70 bits per heavy atom. The minimum Gasteiger partial charge on any atom is -0.457 e. The van der Waals surface area contributed by atoms with Gasteiger partial charge in [0.1, 0.15) is 5.75 Å². The lowest BCUT2D eigenvalue weighted by Gasteiger charge is -2.09. The Kier molecular flexibility index (Phi) is 5.52. The Morgan fingerprint density at radius 3 is 2.43 bits per heavy atom. The number of esters is 1. The summed E-state index contributed by atoms with van der Waals surface area (Å²) in [5.41, 5.74) is 4.53. The fourth-order valence-corrected chi connectivity index (χ4v) is 2.79. The molecule has 2 aromatic heterocycles. The molecule has 1 N–H and O–H groups in total. The van der Waals surface area contributed by atoms with Crippen molar-refractivity contribution in [2.24, 2.45) is 5.10 Å². The fraction of sp³-hybridized carbons (Fsp3) is 0. The van der Waals surface area contributed by atoms with E-state index in [1.807, 2.05) is 41.2 Å². The van der Waals surface area contributed by atoms with Crippen molar-refractivity contribution in [2.75, 3.05) is 0 Å². The zero-order chi connectivity index (χ0) is 20.8. The molecule has 0 aliphatic carbocycles. The van der Waals surface area contributed by atoms with Crippen LogP contribution in [-0.4, -0.2) is 22.7 Å². The van der Waals surface area contributed by atoms with Crippen LogP contribution in [0.4, 0.5) is 0 Å². The van der Waals surface area contributed by atoms with Gasteiger partial charge in [0.2, 0.25) is 5.76 Å². The molecule has 0 fully saturated rings. The quantitative estimate of drug-likeness (QED) is 0.229. The molecule has 148 valence electrons. The van der Waals surface area contributed by atoms with E-state index in [-0.39, 0.29) is 11.7 Å². The van der Waals surface area contributed by atoms with Crippen LogP contribution >= 0.6 is 0 Å². The Labute approximate surface area is 172 Å². The molecule has 30 heavy (non-hydrogen) atoms. The number of para-hydroxylation sites is 1. The predicted molar refractivity (Wildman–Crippen MR) is 111 cm³/mol. The van der Waals surface area contributed by atoms with Gasteiger partial charge in [-0.3, -0.25) is 4.79 Å². The number of amides is 1. The first-order chi connectivity index (χ1) is 14.7. The Bertz CT molecular complexity index is 1160. The summed E-state index contributed by atoms with van der Waals surface area (Å²) in [5.74, 6) is -0.392. The van der Waals surface area contributed by atoms with Crippen molar-refractivity contribution >= 4 is 18.1 Å². The Hall–Kier alpha value is -4.39. The average Bonchev–Trinajstić information content (AvgIpc) is 3.49. The fourth-order valence-electron chi connectivity index (χ4n) is 2.79. The molecule has 7 nitrogen and oxygen atoms in total. The number of aromatic nitrogens is 1. The second-order valence-electron chi connectivity index (χ2n) is 6.24. The number of ether oxygens (including phenoxy) is 1. The minimum absolute atomic E-state index is 0.128. The number of benzene rings is 2. The van der Waals surface area contributed by atoms with Gasteiger partial charge in [0.15, 0.2) is 0 Å². The third-order valence-electron chi connectivity index (χ3n) is 4.22. The SMILES string of the molecule is O=C(Oc1ccc(/C=N/NC(=O)c2ccccc2-n2cccc2)cc1)c1ccco1. The number of furan rings is 1. The van der Waals surface area contributed by atoms with E-state index in [2.05, 4.69) is 10.5 Å². The molecule has 1 amide bonds. The topological polar surface area (TPSA) is 85.8 Å². The van der Waals surface area contributed by atoms with Crippen LogP contribution in [0.1, 0.15) is 26.5 Å². The highest BCUT2D eigenvalue weighted by molar-refractivity contribution is 5.98. The number of carbonyl (C=O) groups is 2. The Morgan fingerprint density at radius 1 is 0.933 bits per heavy atom. The van der Waals surface area contributed by atoms with Crippen molar-refractivity contribution in [3.8, 4) is 11.4 Å². The molecule has 0 aliphatic rings. The molecular formula is C23H17N3O4. The van der Waals surface area contributed by atoms with Crippen molar-refractivity contribution in [1.82, 2.24) is 9.99 Å². The zero-order valence-corrected chi connectivity index (χ0v) is 15.8. The summed E-state index contributed by atoms with van der Waals surface area (Å²) in [6.07, 6.45) is 6.65. The molecule has 2 aromatic carbocycles. The summed E-state index contributed by atoms with van der Waals surface area (Å²) in [5, 5.41) is 4.02. The highest BCUT2D eigenvalue weighted by Gasteiger charge is 2.12. The third-order valence-corrected chi connectivity index (χ3v) is 4.22. The molecule has 4 aromatic rings. The Balaban J connectivity index is 1.38. The molecule has 0 saturated heterocycles. The lowest BCUT2D eigenvalue weighted by Crippen LogP contribution is -2.19. The predicted octanol–water partition coefficient (Wildman–Crippen LogP) is 4.05. The number of nitrogens with one attached hydrogen (secondary N) is 1. The first-order valence-corrected chi connectivity index (χ1v) is 9.12. The summed E-state index contributed by atoms with van der Waals surface area (Å²) in [4.78, 5) is 24.4. The highest BCUT2D eigenvalue weighted by atomic mass is 16.5. The van der Waals surface area contributed by atoms with E-state index in [1.165, 1.54) is 18.5 Å². The molecular weight excluding hydrogens is 382 g/mol. The lowest BCUT2D eigenvalue weighted by molar-refractivity contribution is 0.0701. The van der Waals surface area contributed by atoms with Crippen molar-refractivity contribution in [3.63, 3.8) is 0 Å². The summed E-state index contributed by atoms with van der Waals surface area (Å²) in [6.45, 7) is 0. The van der Waals surface area contributed by atoms with Gasteiger partial charge < -0.3 is 13.7 Å². The lowest BCUT2D eigenvalue weighted by atomic mass is 10.1. The number of hydrogen-bond donors (Lipinski definition) is 1. The number of hydrogen-bond acceptors (Lipinski definition) is 5. The van der Waals surface area contributed by atoms with Crippen molar-refractivity contribution in [3.05, 3.63) is 108 Å². The largest absolute Gasteiger partial charge is 0.457 e. The van der Waals surface area contributed by atoms with Crippen molar-refractivity contribution < 1.29 is 18.7 Å². The van der Waals surface area contributed by atoms with E-state index in [9.17, 15) is 9.59 Å². The van der Waals surface area contributed by atoms with Gasteiger partial charge in [0, 0.05) is 12.4 Å². The average molecular weight is 399 g/mol. The number of rotatable bonds is 6. The molecule has 0 bridgehead atoms. The monoisotopic (exact) mass is 399 g/mol. The smallest absolute Gasteiger partial charge is 0.379 e. The maximum Gasteiger partial charge on any atom is 0.379 e. The maximum atomic E-state index is 12.5. The summed E-state index contributed by atoms with van der Waals surface area (Å²) in [6, 6.07) is 20.9. The molecule has 7 heteroatoms. The van der Waals surface area contributed by atoms with E-state index in [1.54, 1.807) is 42.5 Å². The van der Waals surface area contributed by atoms with Gasteiger partial charge in [-0.1, -0.05) is 12.1 Å². The summed E-state index contributed by atoms with van der Waals surface area (Å²) in [7, 11) is 0. The number of carbonyl (C=O) groups excluding carboxylic acids is 2.